The number of carbonyl (C=O) groups is 1. The fraction of sp³-hybridized carbons (Fsp3) is 0.231. The van der Waals surface area contributed by atoms with Gasteiger partial charge < -0.3 is 10.3 Å². The predicted molar refractivity (Wildman–Crippen MR) is 92.0 cm³/mol. The molecular weight excluding hydrogens is 374 g/mol. The highest BCUT2D eigenvalue weighted by Crippen LogP contribution is 2.27. The number of nitrogen functional groups attached to an aromatic ring is 1. The lowest BCUT2D eigenvalue weighted by atomic mass is 10.2. The van der Waals surface area contributed by atoms with Crippen molar-refractivity contribution in [2.24, 2.45) is 5.73 Å². The number of nitrogens with zero attached hydrogens (tertiary/aromatic N) is 1. The van der Waals surface area contributed by atoms with E-state index in [1.807, 2.05) is 42.0 Å². The average Bonchev–Trinajstić information content (AvgIpc) is 2.84. The van der Waals surface area contributed by atoms with Gasteiger partial charge in [-0.3, -0.25) is 14.7 Å². The highest BCUT2D eigenvalue weighted by Gasteiger charge is 2.25. The van der Waals surface area contributed by atoms with Gasteiger partial charge >= 0.3 is 5.82 Å². The SMILES string of the molecule is COS(=O)(=O)[O-].CSc1sc(C(N)=O)c(N)[n+]1-c1cccc(C)c1. The molecule has 0 unspecified atom stereocenters. The summed E-state index contributed by atoms with van der Waals surface area (Å²) < 4.78 is 33.8. The third-order valence-electron chi connectivity index (χ3n) is 2.71. The van der Waals surface area contributed by atoms with Crippen molar-refractivity contribution in [3.05, 3.63) is 34.7 Å². The fourth-order valence-electron chi connectivity index (χ4n) is 1.71. The Labute approximate surface area is 148 Å². The number of hydrogen-bond acceptors (Lipinski definition) is 8. The highest BCUT2D eigenvalue weighted by atomic mass is 32.3. The summed E-state index contributed by atoms with van der Waals surface area (Å²) in [4.78, 5) is 11.7. The molecule has 0 fully saturated rings. The Hall–Kier alpha value is -1.66. The molecule has 0 spiro atoms. The van der Waals surface area contributed by atoms with Gasteiger partial charge in [0.15, 0.2) is 4.88 Å². The van der Waals surface area contributed by atoms with Gasteiger partial charge in [0.2, 0.25) is 14.7 Å². The van der Waals surface area contributed by atoms with E-state index < -0.39 is 16.3 Å². The van der Waals surface area contributed by atoms with E-state index in [-0.39, 0.29) is 0 Å². The number of thioether (sulfide) groups is 1. The van der Waals surface area contributed by atoms with Crippen LogP contribution in [0.15, 0.2) is 28.6 Å². The lowest BCUT2D eigenvalue weighted by Crippen LogP contribution is -2.35. The molecule has 132 valence electrons. The van der Waals surface area contributed by atoms with Crippen molar-refractivity contribution in [2.75, 3.05) is 19.1 Å². The van der Waals surface area contributed by atoms with Crippen molar-refractivity contribution < 1.29 is 26.5 Å². The molecule has 1 aromatic carbocycles. The maximum atomic E-state index is 11.3. The number of carbonyl (C=O) groups excluding carboxylic acids is 1. The minimum Gasteiger partial charge on any atom is -0.726 e. The van der Waals surface area contributed by atoms with Gasteiger partial charge in [0, 0.05) is 0 Å². The second-order valence-electron chi connectivity index (χ2n) is 4.40. The second kappa shape index (κ2) is 8.44. The Bertz CT molecular complexity index is 833. The standard InChI is InChI=1S/C12H13N3OS2.CH4O4S/c1-7-4-3-5-8(6-7)15-10(13)9(11(14)16)18-12(15)17-2;1-5-6(2,3)4/h3-6H,1-2H3,(H3-,13,14,16);1H3,(H,2,3,4). The van der Waals surface area contributed by atoms with Crippen molar-refractivity contribution >= 4 is 45.2 Å². The van der Waals surface area contributed by atoms with Crippen LogP contribution in [0.3, 0.4) is 0 Å². The van der Waals surface area contributed by atoms with Gasteiger partial charge in [0.05, 0.1) is 7.11 Å². The quantitative estimate of drug-likeness (QED) is 0.340. The van der Waals surface area contributed by atoms with E-state index in [1.165, 1.54) is 11.3 Å². The van der Waals surface area contributed by atoms with Crippen LogP contribution in [0.1, 0.15) is 15.2 Å². The highest BCUT2D eigenvalue weighted by molar-refractivity contribution is 8.00. The smallest absolute Gasteiger partial charge is 0.302 e. The molecule has 0 aliphatic carbocycles. The Kier molecular flexibility index (Phi) is 7.17. The number of thiazole rings is 1. The second-order valence-corrected chi connectivity index (χ2v) is 7.60. The summed E-state index contributed by atoms with van der Waals surface area (Å²) in [5, 5.41) is 0. The van der Waals surface area contributed by atoms with Crippen LogP contribution in [0.25, 0.3) is 5.69 Å². The Morgan fingerprint density at radius 2 is 2.00 bits per heavy atom. The van der Waals surface area contributed by atoms with Crippen molar-refractivity contribution in [3.8, 4) is 5.69 Å². The summed E-state index contributed by atoms with van der Waals surface area (Å²) in [6.07, 6.45) is 1.95. The number of primary amides is 1. The molecule has 11 heteroatoms. The number of aromatic nitrogens is 1. The maximum absolute atomic E-state index is 11.3. The molecule has 0 atom stereocenters. The normalized spacial score (nSPS) is 10.8. The summed E-state index contributed by atoms with van der Waals surface area (Å²) in [5.41, 5.74) is 13.4. The van der Waals surface area contributed by atoms with Gasteiger partial charge in [-0.05, 0) is 30.9 Å². The summed E-state index contributed by atoms with van der Waals surface area (Å²) in [7, 11) is -3.60. The van der Waals surface area contributed by atoms with Crippen molar-refractivity contribution in [1.82, 2.24) is 0 Å². The Balaban J connectivity index is 0.000000413. The Morgan fingerprint density at radius 3 is 2.42 bits per heavy atom. The monoisotopic (exact) mass is 391 g/mol. The molecular formula is C13H17N3O5S3. The molecule has 24 heavy (non-hydrogen) atoms. The van der Waals surface area contributed by atoms with Crippen LogP contribution in [0.5, 0.6) is 0 Å². The lowest BCUT2D eigenvalue weighted by Gasteiger charge is -2.02. The van der Waals surface area contributed by atoms with Gasteiger partial charge in [-0.1, -0.05) is 35.2 Å². The number of amides is 1. The zero-order chi connectivity index (χ0) is 18.5. The number of rotatable bonds is 4. The molecule has 1 aromatic heterocycles. The minimum absolute atomic E-state index is 0.404. The summed E-state index contributed by atoms with van der Waals surface area (Å²) in [6.45, 7) is 2.01. The van der Waals surface area contributed by atoms with Crippen molar-refractivity contribution in [1.29, 1.82) is 0 Å². The van der Waals surface area contributed by atoms with Gasteiger partial charge in [0.25, 0.3) is 5.91 Å². The molecule has 0 bridgehead atoms. The van der Waals surface area contributed by atoms with Crippen LogP contribution in [-0.2, 0) is 14.6 Å². The summed E-state index contributed by atoms with van der Waals surface area (Å²) >= 11 is 2.86. The molecule has 0 saturated heterocycles. The zero-order valence-corrected chi connectivity index (χ0v) is 15.6. The van der Waals surface area contributed by atoms with Gasteiger partial charge in [-0.2, -0.15) is 4.57 Å². The van der Waals surface area contributed by atoms with Crippen molar-refractivity contribution in [2.45, 2.75) is 11.3 Å². The molecule has 4 N–H and O–H groups in total. The largest absolute Gasteiger partial charge is 0.726 e. The van der Waals surface area contributed by atoms with E-state index in [1.54, 1.807) is 11.8 Å². The number of anilines is 1. The van der Waals surface area contributed by atoms with Gasteiger partial charge in [-0.25, -0.2) is 8.42 Å². The third-order valence-corrected chi connectivity index (χ3v) is 5.37. The number of benzene rings is 1. The van der Waals surface area contributed by atoms with Crippen LogP contribution in [0, 0.1) is 6.92 Å². The lowest BCUT2D eigenvalue weighted by molar-refractivity contribution is -0.613. The number of hydrogen-bond donors (Lipinski definition) is 2. The Morgan fingerprint density at radius 1 is 1.42 bits per heavy atom. The van der Waals surface area contributed by atoms with Crippen LogP contribution in [0.4, 0.5) is 5.82 Å². The van der Waals surface area contributed by atoms with Crippen molar-refractivity contribution in [3.63, 3.8) is 0 Å². The first kappa shape index (κ1) is 20.4. The molecule has 0 aliphatic heterocycles. The molecule has 0 aliphatic rings. The molecule has 0 saturated carbocycles. The van der Waals surface area contributed by atoms with Crippen LogP contribution in [-0.4, -0.2) is 32.2 Å². The van der Waals surface area contributed by atoms with Gasteiger partial charge in [0.1, 0.15) is 5.69 Å². The first-order valence-corrected chi connectivity index (χ1v) is 9.74. The van der Waals surface area contributed by atoms with E-state index in [4.69, 9.17) is 11.5 Å². The molecule has 8 nitrogen and oxygen atoms in total. The summed E-state index contributed by atoms with van der Waals surface area (Å²) in [5.74, 6) is -0.0818. The zero-order valence-electron chi connectivity index (χ0n) is 13.2. The van der Waals surface area contributed by atoms with E-state index >= 15 is 0 Å². The summed E-state index contributed by atoms with van der Waals surface area (Å²) in [6, 6.07) is 7.96. The van der Waals surface area contributed by atoms with Gasteiger partial charge in [-0.15, -0.1) is 0 Å². The third kappa shape index (κ3) is 5.46. The van der Waals surface area contributed by atoms with E-state index in [9.17, 15) is 17.8 Å². The van der Waals surface area contributed by atoms with E-state index in [0.29, 0.717) is 10.7 Å². The van der Waals surface area contributed by atoms with E-state index in [0.717, 1.165) is 22.7 Å². The number of aryl methyl sites for hydroxylation is 1. The molecule has 1 heterocycles. The average molecular weight is 391 g/mol. The molecule has 2 rings (SSSR count). The first-order valence-electron chi connectivity index (χ1n) is 6.37. The van der Waals surface area contributed by atoms with Crippen LogP contribution in [0.2, 0.25) is 0 Å². The van der Waals surface area contributed by atoms with E-state index in [2.05, 4.69) is 4.18 Å². The molecule has 2 aromatic rings. The maximum Gasteiger partial charge on any atom is 0.302 e. The first-order chi connectivity index (χ1) is 11.1. The minimum atomic E-state index is -4.41. The number of nitrogens with two attached hydrogens (primary N) is 2. The van der Waals surface area contributed by atoms with Crippen LogP contribution < -0.4 is 16.0 Å². The molecule has 0 radical (unpaired) electrons. The topological polar surface area (TPSA) is 139 Å². The molecule has 1 amide bonds. The fourth-order valence-corrected chi connectivity index (χ4v) is 3.44. The van der Waals surface area contributed by atoms with Crippen LogP contribution >= 0.6 is 23.1 Å². The predicted octanol–water partition coefficient (Wildman–Crippen LogP) is 0.829.